The van der Waals surface area contributed by atoms with Gasteiger partial charge < -0.3 is 55.2 Å². The second-order valence-electron chi connectivity index (χ2n) is 9.14. The number of ether oxygens (including phenoxy) is 2. The van der Waals surface area contributed by atoms with E-state index in [1.165, 1.54) is 35.4 Å². The molecule has 8 N–H and O–H groups in total. The van der Waals surface area contributed by atoms with E-state index in [0.717, 1.165) is 0 Å². The average Bonchev–Trinajstić information content (AvgIpc) is 3.24. The van der Waals surface area contributed by atoms with Crippen molar-refractivity contribution in [2.24, 2.45) is 4.99 Å². The number of hydrogen-bond acceptors (Lipinski definition) is 12. The molecule has 0 bridgehead atoms. The molecular formula is C24H26N2O13. The van der Waals surface area contributed by atoms with Gasteiger partial charge in [0.2, 0.25) is 6.29 Å². The van der Waals surface area contributed by atoms with Crippen LogP contribution in [0.3, 0.4) is 0 Å². The molecule has 0 amide bonds. The van der Waals surface area contributed by atoms with Crippen LogP contribution in [0, 0.1) is 0 Å². The zero-order chi connectivity index (χ0) is 28.6. The highest BCUT2D eigenvalue weighted by Crippen LogP contribution is 2.42. The van der Waals surface area contributed by atoms with E-state index in [1.807, 2.05) is 0 Å². The molecule has 1 aromatic carbocycles. The molecule has 15 heteroatoms. The van der Waals surface area contributed by atoms with Gasteiger partial charge in [-0.15, -0.1) is 0 Å². The maximum atomic E-state index is 12.0. The molecule has 3 aliphatic heterocycles. The van der Waals surface area contributed by atoms with Gasteiger partial charge in [-0.05, 0) is 29.4 Å². The number of benzene rings is 1. The number of aliphatic hydroxyl groups is 4. The molecule has 15 nitrogen and oxygen atoms in total. The number of anilines is 1. The van der Waals surface area contributed by atoms with E-state index in [2.05, 4.69) is 4.99 Å². The average molecular weight is 550 g/mol. The summed E-state index contributed by atoms with van der Waals surface area (Å²) in [5, 5.41) is 78.4. The summed E-state index contributed by atoms with van der Waals surface area (Å²) in [6.45, 7) is -0.688. The zero-order valence-corrected chi connectivity index (χ0v) is 20.1. The monoisotopic (exact) mass is 550 g/mol. The first-order valence-electron chi connectivity index (χ1n) is 11.7. The van der Waals surface area contributed by atoms with E-state index < -0.39 is 78.8 Å². The van der Waals surface area contributed by atoms with Crippen LogP contribution in [0.15, 0.2) is 41.1 Å². The summed E-state index contributed by atoms with van der Waals surface area (Å²) in [4.78, 5) is 39.7. The van der Waals surface area contributed by atoms with Crippen molar-refractivity contribution in [2.45, 2.75) is 55.6 Å². The summed E-state index contributed by atoms with van der Waals surface area (Å²) in [5.41, 5.74) is 0.477. The fraction of sp³-hybridized carbons (Fsp3) is 0.417. The van der Waals surface area contributed by atoms with E-state index in [4.69, 9.17) is 9.47 Å². The summed E-state index contributed by atoms with van der Waals surface area (Å²) >= 11 is 0. The van der Waals surface area contributed by atoms with E-state index in [9.17, 15) is 55.2 Å². The molecule has 7 atom stereocenters. The maximum Gasteiger partial charge on any atom is 0.354 e. The van der Waals surface area contributed by atoms with Crippen molar-refractivity contribution < 1.29 is 64.7 Å². The molecule has 3 aliphatic rings. The molecule has 0 aliphatic carbocycles. The number of carboxylic acids is 3. The smallest absolute Gasteiger partial charge is 0.354 e. The Kier molecular flexibility index (Phi) is 7.89. The molecule has 1 saturated heterocycles. The highest BCUT2D eigenvalue weighted by molar-refractivity contribution is 6.41. The van der Waals surface area contributed by atoms with Crippen molar-refractivity contribution in [3.05, 3.63) is 41.6 Å². The van der Waals surface area contributed by atoms with E-state index in [1.54, 1.807) is 0 Å². The predicted molar refractivity (Wildman–Crippen MR) is 128 cm³/mol. The zero-order valence-electron chi connectivity index (χ0n) is 20.1. The number of fused-ring (bicyclic) bond motifs is 1. The lowest BCUT2D eigenvalue weighted by molar-refractivity contribution is -0.277. The molecule has 0 spiro atoms. The first-order valence-corrected chi connectivity index (χ1v) is 11.7. The number of phenols is 1. The van der Waals surface area contributed by atoms with Crippen LogP contribution in [-0.2, 0) is 25.5 Å². The first-order chi connectivity index (χ1) is 18.4. The van der Waals surface area contributed by atoms with Crippen molar-refractivity contribution >= 4 is 29.3 Å². The van der Waals surface area contributed by atoms with Gasteiger partial charge in [-0.25, -0.2) is 14.4 Å². The number of aromatic hydroxyl groups is 1. The Bertz CT molecular complexity index is 1260. The van der Waals surface area contributed by atoms with Crippen molar-refractivity contribution in [3.63, 3.8) is 0 Å². The molecule has 0 radical (unpaired) electrons. The number of aliphatic carboxylic acids is 3. The third-order valence-corrected chi connectivity index (χ3v) is 6.56. The van der Waals surface area contributed by atoms with Crippen LogP contribution in [0.1, 0.15) is 12.0 Å². The molecule has 3 heterocycles. The second-order valence-corrected chi connectivity index (χ2v) is 9.14. The summed E-state index contributed by atoms with van der Waals surface area (Å²) in [6.07, 6.45) is -4.19. The molecule has 39 heavy (non-hydrogen) atoms. The molecular weight excluding hydrogens is 524 g/mol. The minimum atomic E-state index is -1.74. The number of phenolic OH excluding ortho intramolecular Hbond substituents is 1. The van der Waals surface area contributed by atoms with Crippen molar-refractivity contribution in [3.8, 4) is 11.5 Å². The fourth-order valence-electron chi connectivity index (χ4n) is 4.51. The lowest BCUT2D eigenvalue weighted by Gasteiger charge is -2.39. The topological polar surface area (TPSA) is 247 Å². The highest BCUT2D eigenvalue weighted by Gasteiger charge is 2.45. The quantitative estimate of drug-likeness (QED) is 0.178. The van der Waals surface area contributed by atoms with Crippen LogP contribution in [0.4, 0.5) is 5.69 Å². The van der Waals surface area contributed by atoms with E-state index >= 15 is 0 Å². The Balaban J connectivity index is 1.61. The Hall–Kier alpha value is -4.02. The van der Waals surface area contributed by atoms with Gasteiger partial charge in [-0.3, -0.25) is 4.99 Å². The molecule has 0 saturated carbocycles. The van der Waals surface area contributed by atoms with Gasteiger partial charge in [-0.2, -0.15) is 0 Å². The SMILES string of the molecule is O=C(O)C1=N[C@@H](C(=O)O)CC(C=CN2c3cc(O)c(O[C@@H]4O[C@@H](CO)[C@@H](O)[C@H](O)[C@H]4O)cc3C[C@H]2C(=O)O)=C1. The number of hydrogen-bond donors (Lipinski definition) is 8. The standard InChI is InChI=1S/C24H26N2O13/c27-8-17-18(29)19(30)20(31)24(39-17)38-16-6-10-5-14(23(36)37)26(13(10)7-15(16)28)2-1-9-3-11(21(32)33)25-12(4-9)22(34)35/h1-3,6-7,12,14,17-20,24,27-31H,4-5,8H2,(H,32,33)(H,34,35)(H,36,37)/t12-,14+,17+,18-,19+,20-,24-/m1/s1. The van der Waals surface area contributed by atoms with Crippen LogP contribution in [0.25, 0.3) is 0 Å². The lowest BCUT2D eigenvalue weighted by atomic mass is 9.99. The predicted octanol–water partition coefficient (Wildman–Crippen LogP) is -1.79. The Morgan fingerprint density at radius 2 is 1.77 bits per heavy atom. The second kappa shape index (κ2) is 11.0. The molecule has 1 aromatic rings. The molecule has 210 valence electrons. The summed E-state index contributed by atoms with van der Waals surface area (Å²) in [5.74, 6) is -4.67. The van der Waals surface area contributed by atoms with Crippen molar-refractivity contribution in [1.82, 2.24) is 0 Å². The highest BCUT2D eigenvalue weighted by atomic mass is 16.7. The number of dihydropyridines is 1. The van der Waals surface area contributed by atoms with Crippen LogP contribution in [-0.4, -0.2) is 114 Å². The first kappa shape index (κ1) is 28.0. The van der Waals surface area contributed by atoms with Crippen LogP contribution in [0.5, 0.6) is 11.5 Å². The van der Waals surface area contributed by atoms with Gasteiger partial charge in [0.15, 0.2) is 17.5 Å². The normalized spacial score (nSPS) is 30.5. The van der Waals surface area contributed by atoms with Crippen LogP contribution in [0.2, 0.25) is 0 Å². The van der Waals surface area contributed by atoms with Gasteiger partial charge in [0, 0.05) is 30.8 Å². The number of allylic oxidation sites excluding steroid dienone is 1. The van der Waals surface area contributed by atoms with Crippen molar-refractivity contribution in [2.75, 3.05) is 11.5 Å². The van der Waals surface area contributed by atoms with Gasteiger partial charge in [0.25, 0.3) is 0 Å². The fourth-order valence-corrected chi connectivity index (χ4v) is 4.51. The number of aliphatic hydroxyl groups excluding tert-OH is 4. The van der Waals surface area contributed by atoms with Gasteiger partial charge >= 0.3 is 17.9 Å². The molecule has 1 fully saturated rings. The van der Waals surface area contributed by atoms with Gasteiger partial charge in [0.05, 0.1) is 6.61 Å². The summed E-state index contributed by atoms with van der Waals surface area (Å²) in [7, 11) is 0. The van der Waals surface area contributed by atoms with Crippen molar-refractivity contribution in [1.29, 1.82) is 0 Å². The summed E-state index contributed by atoms with van der Waals surface area (Å²) < 4.78 is 10.8. The number of aliphatic imine (C=N–C) groups is 1. The number of rotatable bonds is 8. The van der Waals surface area contributed by atoms with E-state index in [-0.39, 0.29) is 29.9 Å². The summed E-state index contributed by atoms with van der Waals surface area (Å²) in [6, 6.07) is 0.0330. The maximum absolute atomic E-state index is 12.0. The van der Waals surface area contributed by atoms with Gasteiger partial charge in [-0.1, -0.05) is 0 Å². The largest absolute Gasteiger partial charge is 0.504 e. The lowest BCUT2D eigenvalue weighted by Crippen LogP contribution is -2.60. The Morgan fingerprint density at radius 3 is 2.38 bits per heavy atom. The number of nitrogens with zero attached hydrogens (tertiary/aromatic N) is 2. The number of carboxylic acid groups (broad SMARTS) is 3. The van der Waals surface area contributed by atoms with Gasteiger partial charge in [0.1, 0.15) is 36.2 Å². The van der Waals surface area contributed by atoms with Crippen LogP contribution >= 0.6 is 0 Å². The molecule has 0 aromatic heterocycles. The third-order valence-electron chi connectivity index (χ3n) is 6.56. The number of carbonyl (C=O) groups is 3. The molecule has 4 rings (SSSR count). The Morgan fingerprint density at radius 1 is 1.05 bits per heavy atom. The van der Waals surface area contributed by atoms with Crippen LogP contribution < -0.4 is 9.64 Å². The minimum absolute atomic E-state index is 0.0566. The van der Waals surface area contributed by atoms with E-state index in [0.29, 0.717) is 5.56 Å². The third kappa shape index (κ3) is 5.57. The molecule has 0 unspecified atom stereocenters. The Labute approximate surface area is 219 Å². The minimum Gasteiger partial charge on any atom is -0.504 e.